The van der Waals surface area contributed by atoms with Gasteiger partial charge < -0.3 is 16.4 Å². The monoisotopic (exact) mass is 374 g/mol. The van der Waals surface area contributed by atoms with Crippen LogP contribution in [0.1, 0.15) is 15.9 Å². The number of aryl methyl sites for hydroxylation is 1. The Hall–Kier alpha value is -2.34. The summed E-state index contributed by atoms with van der Waals surface area (Å²) in [4.78, 5) is 16.1. The molecule has 0 unspecified atom stereocenters. The van der Waals surface area contributed by atoms with Gasteiger partial charge in [-0.15, -0.1) is 0 Å². The number of carbonyl (C=O) groups excluding carboxylic acids is 1. The first kappa shape index (κ1) is 17.0. The fourth-order valence-corrected chi connectivity index (χ4v) is 2.39. The van der Waals surface area contributed by atoms with Crippen molar-refractivity contribution in [1.82, 2.24) is 5.32 Å². The Morgan fingerprint density at radius 3 is 2.74 bits per heavy atom. The lowest BCUT2D eigenvalue weighted by Crippen LogP contribution is -2.28. The van der Waals surface area contributed by atoms with Gasteiger partial charge in [0.2, 0.25) is 0 Å². The van der Waals surface area contributed by atoms with Crippen molar-refractivity contribution in [3.63, 3.8) is 0 Å². The number of carbonyl (C=O) groups is 1. The van der Waals surface area contributed by atoms with Crippen molar-refractivity contribution < 1.29 is 4.79 Å². The molecular weight excluding hydrogens is 356 g/mol. The van der Waals surface area contributed by atoms with Gasteiger partial charge in [-0.25, -0.2) is 0 Å². The molecule has 0 fully saturated rings. The van der Waals surface area contributed by atoms with Gasteiger partial charge in [0.15, 0.2) is 5.96 Å². The molecule has 0 aromatic heterocycles. The third-order valence-electron chi connectivity index (χ3n) is 3.06. The van der Waals surface area contributed by atoms with E-state index < -0.39 is 0 Å². The number of amides is 1. The minimum atomic E-state index is -0.133. The highest BCUT2D eigenvalue weighted by molar-refractivity contribution is 9.10. The Balaban J connectivity index is 1.78. The molecule has 120 valence electrons. The zero-order valence-electron chi connectivity index (χ0n) is 12.8. The molecule has 0 aliphatic carbocycles. The lowest BCUT2D eigenvalue weighted by atomic mass is 10.2. The number of anilines is 1. The maximum atomic E-state index is 11.9. The Morgan fingerprint density at radius 2 is 2.00 bits per heavy atom. The van der Waals surface area contributed by atoms with E-state index in [1.807, 2.05) is 43.3 Å². The zero-order valence-corrected chi connectivity index (χ0v) is 14.4. The van der Waals surface area contributed by atoms with Gasteiger partial charge in [-0.3, -0.25) is 9.79 Å². The van der Waals surface area contributed by atoms with Gasteiger partial charge in [-0.1, -0.05) is 34.1 Å². The highest BCUT2D eigenvalue weighted by atomic mass is 79.9. The number of hydrogen-bond acceptors (Lipinski definition) is 2. The summed E-state index contributed by atoms with van der Waals surface area (Å²) in [6, 6.07) is 15.1. The highest BCUT2D eigenvalue weighted by Crippen LogP contribution is 2.11. The van der Waals surface area contributed by atoms with Crippen LogP contribution in [0.25, 0.3) is 0 Å². The topological polar surface area (TPSA) is 79.5 Å². The first-order valence-corrected chi connectivity index (χ1v) is 8.01. The van der Waals surface area contributed by atoms with Crippen molar-refractivity contribution in [3.8, 4) is 0 Å². The van der Waals surface area contributed by atoms with Crippen LogP contribution >= 0.6 is 15.9 Å². The van der Waals surface area contributed by atoms with E-state index >= 15 is 0 Å². The molecule has 23 heavy (non-hydrogen) atoms. The molecule has 2 aromatic carbocycles. The summed E-state index contributed by atoms with van der Waals surface area (Å²) in [5, 5.41) is 5.82. The van der Waals surface area contributed by atoms with E-state index in [2.05, 4.69) is 31.6 Å². The number of aliphatic imine (C=N–C) groups is 1. The number of nitrogens with one attached hydrogen (secondary N) is 2. The van der Waals surface area contributed by atoms with Crippen LogP contribution in [0.5, 0.6) is 0 Å². The molecule has 0 spiro atoms. The van der Waals surface area contributed by atoms with Gasteiger partial charge in [0.1, 0.15) is 0 Å². The first-order valence-electron chi connectivity index (χ1n) is 7.22. The summed E-state index contributed by atoms with van der Waals surface area (Å²) in [5.41, 5.74) is 8.47. The number of hydrogen-bond donors (Lipinski definition) is 3. The Kier molecular flexibility index (Phi) is 6.17. The SMILES string of the molecule is Cc1cccc(NC(N)=NCCNC(=O)c2cccc(Br)c2)c1. The summed E-state index contributed by atoms with van der Waals surface area (Å²) in [6.07, 6.45) is 0. The molecule has 0 heterocycles. The summed E-state index contributed by atoms with van der Waals surface area (Å²) >= 11 is 3.34. The van der Waals surface area contributed by atoms with Crippen molar-refractivity contribution in [2.45, 2.75) is 6.92 Å². The number of benzene rings is 2. The lowest BCUT2D eigenvalue weighted by Gasteiger charge is -2.07. The Bertz CT molecular complexity index is 715. The Labute approximate surface area is 144 Å². The number of nitrogens with two attached hydrogens (primary N) is 1. The van der Waals surface area contributed by atoms with Crippen molar-refractivity contribution in [3.05, 3.63) is 64.1 Å². The minimum Gasteiger partial charge on any atom is -0.370 e. The number of nitrogens with zero attached hydrogens (tertiary/aromatic N) is 1. The first-order chi connectivity index (χ1) is 11.0. The summed E-state index contributed by atoms with van der Waals surface area (Å²) in [5.74, 6) is 0.194. The van der Waals surface area contributed by atoms with Gasteiger partial charge in [0.25, 0.3) is 5.91 Å². The van der Waals surface area contributed by atoms with Gasteiger partial charge in [0, 0.05) is 22.3 Å². The smallest absolute Gasteiger partial charge is 0.251 e. The molecule has 2 rings (SSSR count). The molecule has 0 radical (unpaired) electrons. The van der Waals surface area contributed by atoms with Crippen LogP contribution in [0.2, 0.25) is 0 Å². The molecule has 0 aliphatic heterocycles. The summed E-state index contributed by atoms with van der Waals surface area (Å²) in [7, 11) is 0. The second kappa shape index (κ2) is 8.33. The van der Waals surface area contributed by atoms with Crippen molar-refractivity contribution in [1.29, 1.82) is 0 Å². The largest absolute Gasteiger partial charge is 0.370 e. The lowest BCUT2D eigenvalue weighted by molar-refractivity contribution is 0.0954. The molecular formula is C17H19BrN4O. The molecule has 0 saturated carbocycles. The third kappa shape index (κ3) is 5.75. The average molecular weight is 375 g/mol. The van der Waals surface area contributed by atoms with Gasteiger partial charge >= 0.3 is 0 Å². The second-order valence-electron chi connectivity index (χ2n) is 5.03. The predicted octanol–water partition coefficient (Wildman–Crippen LogP) is 2.91. The van der Waals surface area contributed by atoms with Crippen molar-refractivity contribution in [2.75, 3.05) is 18.4 Å². The van der Waals surface area contributed by atoms with E-state index in [9.17, 15) is 4.79 Å². The van der Waals surface area contributed by atoms with Crippen LogP contribution in [-0.4, -0.2) is 25.0 Å². The van der Waals surface area contributed by atoms with Crippen LogP contribution in [0.3, 0.4) is 0 Å². The fourth-order valence-electron chi connectivity index (χ4n) is 1.99. The quantitative estimate of drug-likeness (QED) is 0.427. The van der Waals surface area contributed by atoms with E-state index in [0.29, 0.717) is 24.6 Å². The maximum absolute atomic E-state index is 11.9. The molecule has 4 N–H and O–H groups in total. The Morgan fingerprint density at radius 1 is 1.22 bits per heavy atom. The molecule has 5 nitrogen and oxygen atoms in total. The molecule has 2 aromatic rings. The number of guanidine groups is 1. The average Bonchev–Trinajstić information content (AvgIpc) is 2.51. The predicted molar refractivity (Wildman–Crippen MR) is 97.8 cm³/mol. The van der Waals surface area contributed by atoms with E-state index in [-0.39, 0.29) is 5.91 Å². The minimum absolute atomic E-state index is 0.133. The highest BCUT2D eigenvalue weighted by Gasteiger charge is 2.04. The van der Waals surface area contributed by atoms with E-state index in [4.69, 9.17) is 5.73 Å². The van der Waals surface area contributed by atoms with E-state index in [0.717, 1.165) is 15.7 Å². The van der Waals surface area contributed by atoms with Gasteiger partial charge in [-0.2, -0.15) is 0 Å². The molecule has 0 atom stereocenters. The van der Waals surface area contributed by atoms with E-state index in [1.54, 1.807) is 12.1 Å². The molecule has 1 amide bonds. The van der Waals surface area contributed by atoms with Crippen LogP contribution in [0.15, 0.2) is 58.0 Å². The van der Waals surface area contributed by atoms with Crippen LogP contribution < -0.4 is 16.4 Å². The molecule has 0 saturated heterocycles. The summed E-state index contributed by atoms with van der Waals surface area (Å²) < 4.78 is 0.870. The van der Waals surface area contributed by atoms with Gasteiger partial charge in [-0.05, 0) is 42.8 Å². The fraction of sp³-hybridized carbons (Fsp3) is 0.176. The summed E-state index contributed by atoms with van der Waals surface area (Å²) in [6.45, 7) is 2.84. The van der Waals surface area contributed by atoms with Crippen LogP contribution in [-0.2, 0) is 0 Å². The number of halogens is 1. The van der Waals surface area contributed by atoms with Gasteiger partial charge in [0.05, 0.1) is 6.54 Å². The molecule has 0 bridgehead atoms. The molecule has 0 aliphatic rings. The standard InChI is InChI=1S/C17H19BrN4O/c1-12-4-2-7-15(10-12)22-17(19)21-9-8-20-16(23)13-5-3-6-14(18)11-13/h2-7,10-11H,8-9H2,1H3,(H,20,23)(H3,19,21,22). The van der Waals surface area contributed by atoms with E-state index in [1.165, 1.54) is 0 Å². The maximum Gasteiger partial charge on any atom is 0.251 e. The van der Waals surface area contributed by atoms with Crippen molar-refractivity contribution in [2.24, 2.45) is 10.7 Å². The van der Waals surface area contributed by atoms with Crippen LogP contribution in [0, 0.1) is 6.92 Å². The third-order valence-corrected chi connectivity index (χ3v) is 3.55. The number of rotatable bonds is 5. The normalized spacial score (nSPS) is 11.1. The zero-order chi connectivity index (χ0) is 16.7. The molecule has 6 heteroatoms. The second-order valence-corrected chi connectivity index (χ2v) is 5.94. The van der Waals surface area contributed by atoms with Crippen LogP contribution in [0.4, 0.5) is 5.69 Å². The van der Waals surface area contributed by atoms with Crippen molar-refractivity contribution >= 4 is 33.5 Å².